The first-order chi connectivity index (χ1) is 12.8. The van der Waals surface area contributed by atoms with Crippen LogP contribution in [0.5, 0.6) is 5.75 Å². The molecule has 0 saturated heterocycles. The smallest absolute Gasteiger partial charge is 0.417 e. The fraction of sp³-hybridized carbons (Fsp3) is 0.105. The molecule has 0 aliphatic heterocycles. The van der Waals surface area contributed by atoms with Gasteiger partial charge in [0.2, 0.25) is 0 Å². The van der Waals surface area contributed by atoms with Crippen molar-refractivity contribution in [2.24, 2.45) is 0 Å². The van der Waals surface area contributed by atoms with Gasteiger partial charge in [-0.3, -0.25) is 0 Å². The Labute approximate surface area is 157 Å². The quantitative estimate of drug-likeness (QED) is 0.558. The number of rotatable bonds is 3. The molecule has 0 unspecified atom stereocenters. The Morgan fingerprint density at radius 2 is 1.81 bits per heavy atom. The summed E-state index contributed by atoms with van der Waals surface area (Å²) in [5.74, 6) is 0.615. The molecule has 8 heteroatoms. The first-order valence-electron chi connectivity index (χ1n) is 7.79. The van der Waals surface area contributed by atoms with Crippen LogP contribution in [0.15, 0.2) is 54.6 Å². The second-order valence-electron chi connectivity index (χ2n) is 5.66. The average molecular weight is 395 g/mol. The van der Waals surface area contributed by atoms with Gasteiger partial charge in [0.05, 0.1) is 23.4 Å². The number of hydrogen-bond donors (Lipinski definition) is 2. The lowest BCUT2D eigenvalue weighted by molar-refractivity contribution is -0.137. The molecule has 0 aliphatic carbocycles. The Morgan fingerprint density at radius 3 is 2.52 bits per heavy atom. The lowest BCUT2D eigenvalue weighted by atomic mass is 10.1. The molecule has 0 saturated carbocycles. The zero-order valence-corrected chi connectivity index (χ0v) is 14.8. The van der Waals surface area contributed by atoms with Crippen molar-refractivity contribution >= 4 is 39.8 Å². The number of halogens is 4. The van der Waals surface area contributed by atoms with Crippen molar-refractivity contribution in [1.29, 1.82) is 0 Å². The van der Waals surface area contributed by atoms with Crippen LogP contribution in [-0.4, -0.2) is 13.1 Å². The molecule has 3 aromatic carbocycles. The van der Waals surface area contributed by atoms with Crippen LogP contribution in [0.3, 0.4) is 0 Å². The van der Waals surface area contributed by atoms with Gasteiger partial charge in [0.25, 0.3) is 0 Å². The number of nitrogens with one attached hydrogen (secondary N) is 2. The van der Waals surface area contributed by atoms with Crippen molar-refractivity contribution in [3.63, 3.8) is 0 Å². The maximum absolute atomic E-state index is 12.9. The van der Waals surface area contributed by atoms with E-state index in [9.17, 15) is 18.0 Å². The van der Waals surface area contributed by atoms with Gasteiger partial charge in [0, 0.05) is 11.1 Å². The Kier molecular flexibility index (Phi) is 5.14. The Bertz CT molecular complexity index is 1010. The van der Waals surface area contributed by atoms with Crippen LogP contribution in [0, 0.1) is 0 Å². The lowest BCUT2D eigenvalue weighted by Crippen LogP contribution is -2.20. The second-order valence-corrected chi connectivity index (χ2v) is 6.07. The van der Waals surface area contributed by atoms with Gasteiger partial charge in [0.15, 0.2) is 0 Å². The van der Waals surface area contributed by atoms with E-state index in [1.165, 1.54) is 13.2 Å². The minimum atomic E-state index is -4.61. The third-order valence-electron chi connectivity index (χ3n) is 3.87. The molecular weight excluding hydrogens is 381 g/mol. The van der Waals surface area contributed by atoms with Gasteiger partial charge >= 0.3 is 12.2 Å². The van der Waals surface area contributed by atoms with Crippen LogP contribution in [0.1, 0.15) is 5.56 Å². The molecule has 3 aromatic rings. The number of benzene rings is 3. The summed E-state index contributed by atoms with van der Waals surface area (Å²) in [5, 5.41) is 6.20. The monoisotopic (exact) mass is 394 g/mol. The minimum Gasteiger partial charge on any atom is -0.497 e. The molecule has 2 amide bonds. The summed E-state index contributed by atoms with van der Waals surface area (Å²) in [6.45, 7) is 0. The SMILES string of the molecule is COc1ccc2cccc(NC(=O)Nc3ccc(Cl)c(C(F)(F)F)c3)c2c1. The largest absolute Gasteiger partial charge is 0.497 e. The maximum atomic E-state index is 12.9. The normalized spacial score (nSPS) is 11.3. The molecule has 4 nitrogen and oxygen atoms in total. The van der Waals surface area contributed by atoms with Crippen LogP contribution in [0.2, 0.25) is 5.02 Å². The summed E-state index contributed by atoms with van der Waals surface area (Å²) in [7, 11) is 1.53. The van der Waals surface area contributed by atoms with E-state index in [4.69, 9.17) is 16.3 Å². The fourth-order valence-corrected chi connectivity index (χ4v) is 2.82. The number of alkyl halides is 3. The number of ether oxygens (including phenoxy) is 1. The predicted molar refractivity (Wildman–Crippen MR) is 99.6 cm³/mol. The van der Waals surface area contributed by atoms with Crippen molar-refractivity contribution < 1.29 is 22.7 Å². The van der Waals surface area contributed by atoms with E-state index in [1.54, 1.807) is 24.3 Å². The van der Waals surface area contributed by atoms with E-state index in [0.29, 0.717) is 11.4 Å². The van der Waals surface area contributed by atoms with E-state index in [-0.39, 0.29) is 5.69 Å². The summed E-state index contributed by atoms with van der Waals surface area (Å²) >= 11 is 5.58. The summed E-state index contributed by atoms with van der Waals surface area (Å²) in [6, 6.07) is 13.2. The number of anilines is 2. The van der Waals surface area contributed by atoms with Gasteiger partial charge in [-0.1, -0.05) is 29.8 Å². The molecule has 3 rings (SSSR count). The molecular formula is C19H14ClF3N2O2. The molecule has 0 aliphatic rings. The van der Waals surface area contributed by atoms with E-state index in [0.717, 1.165) is 22.9 Å². The van der Waals surface area contributed by atoms with E-state index in [2.05, 4.69) is 10.6 Å². The van der Waals surface area contributed by atoms with Crippen LogP contribution >= 0.6 is 11.6 Å². The second kappa shape index (κ2) is 7.36. The number of amides is 2. The van der Waals surface area contributed by atoms with Gasteiger partial charge in [-0.15, -0.1) is 0 Å². The number of fused-ring (bicyclic) bond motifs is 1. The van der Waals surface area contributed by atoms with Crippen LogP contribution in [0.25, 0.3) is 10.8 Å². The van der Waals surface area contributed by atoms with Gasteiger partial charge in [0.1, 0.15) is 5.75 Å². The van der Waals surface area contributed by atoms with Gasteiger partial charge in [-0.2, -0.15) is 13.2 Å². The average Bonchev–Trinajstić information content (AvgIpc) is 2.62. The number of urea groups is 1. The van der Waals surface area contributed by atoms with Crippen molar-refractivity contribution in [2.75, 3.05) is 17.7 Å². The minimum absolute atomic E-state index is 0.0259. The van der Waals surface area contributed by atoms with E-state index >= 15 is 0 Å². The molecule has 0 bridgehead atoms. The van der Waals surface area contributed by atoms with Gasteiger partial charge < -0.3 is 15.4 Å². The summed E-state index contributed by atoms with van der Waals surface area (Å²) < 4.78 is 44.0. The predicted octanol–water partition coefficient (Wildman–Crippen LogP) is 6.16. The van der Waals surface area contributed by atoms with Crippen LogP contribution < -0.4 is 15.4 Å². The Hall–Kier alpha value is -2.93. The van der Waals surface area contributed by atoms with Crippen molar-refractivity contribution in [3.05, 3.63) is 65.2 Å². The molecule has 0 radical (unpaired) electrons. The molecule has 0 heterocycles. The fourth-order valence-electron chi connectivity index (χ4n) is 2.59. The molecule has 27 heavy (non-hydrogen) atoms. The van der Waals surface area contributed by atoms with E-state index < -0.39 is 22.8 Å². The van der Waals surface area contributed by atoms with Crippen molar-refractivity contribution in [1.82, 2.24) is 0 Å². The van der Waals surface area contributed by atoms with Crippen molar-refractivity contribution in [3.8, 4) is 5.75 Å². The van der Waals surface area contributed by atoms with Crippen molar-refractivity contribution in [2.45, 2.75) is 6.18 Å². The van der Waals surface area contributed by atoms with Gasteiger partial charge in [-0.25, -0.2) is 4.79 Å². The highest BCUT2D eigenvalue weighted by Crippen LogP contribution is 2.36. The molecule has 0 spiro atoms. The number of hydrogen-bond acceptors (Lipinski definition) is 2. The van der Waals surface area contributed by atoms with Gasteiger partial charge in [-0.05, 0) is 41.8 Å². The maximum Gasteiger partial charge on any atom is 0.417 e. The lowest BCUT2D eigenvalue weighted by Gasteiger charge is -2.13. The molecule has 0 aromatic heterocycles. The highest BCUT2D eigenvalue weighted by atomic mass is 35.5. The zero-order valence-electron chi connectivity index (χ0n) is 14.0. The van der Waals surface area contributed by atoms with Crippen LogP contribution in [-0.2, 0) is 6.18 Å². The standard InChI is InChI=1S/C19H14ClF3N2O2/c1-27-13-7-5-11-3-2-4-17(14(11)10-13)25-18(26)24-12-6-8-16(20)15(9-12)19(21,22)23/h2-10H,1H3,(H2,24,25,26). The Morgan fingerprint density at radius 1 is 1.04 bits per heavy atom. The van der Waals surface area contributed by atoms with E-state index in [1.807, 2.05) is 12.1 Å². The topological polar surface area (TPSA) is 50.4 Å². The highest BCUT2D eigenvalue weighted by molar-refractivity contribution is 6.31. The molecule has 0 fully saturated rings. The highest BCUT2D eigenvalue weighted by Gasteiger charge is 2.33. The number of carbonyl (C=O) groups excluding carboxylic acids is 1. The number of carbonyl (C=O) groups is 1. The first kappa shape index (κ1) is 18.8. The Balaban J connectivity index is 1.84. The van der Waals surface area contributed by atoms with Crippen LogP contribution in [0.4, 0.5) is 29.3 Å². The molecule has 140 valence electrons. The third-order valence-corrected chi connectivity index (χ3v) is 4.20. The zero-order chi connectivity index (χ0) is 19.6. The molecule has 2 N–H and O–H groups in total. The number of methoxy groups -OCH3 is 1. The first-order valence-corrected chi connectivity index (χ1v) is 8.17. The summed E-state index contributed by atoms with van der Waals surface area (Å²) in [6.07, 6.45) is -4.61. The summed E-state index contributed by atoms with van der Waals surface area (Å²) in [5.41, 5.74) is -0.548. The third kappa shape index (κ3) is 4.25. The molecule has 0 atom stereocenters. The summed E-state index contributed by atoms with van der Waals surface area (Å²) in [4.78, 5) is 12.3.